The Hall–Kier alpha value is -1.10. The van der Waals surface area contributed by atoms with Crippen molar-refractivity contribution in [3.8, 4) is 0 Å². The van der Waals surface area contributed by atoms with E-state index in [2.05, 4.69) is 15.9 Å². The van der Waals surface area contributed by atoms with Crippen molar-refractivity contribution >= 4 is 33.2 Å². The van der Waals surface area contributed by atoms with E-state index in [1.165, 1.54) is 18.2 Å². The summed E-state index contributed by atoms with van der Waals surface area (Å²) in [6, 6.07) is 9.09. The highest BCUT2D eigenvalue weighted by atomic mass is 79.9. The summed E-state index contributed by atoms with van der Waals surface area (Å²) in [7, 11) is 0. The Balaban J connectivity index is 2.47. The first-order valence-corrected chi connectivity index (χ1v) is 6.34. The Bertz CT molecular complexity index is 591. The summed E-state index contributed by atoms with van der Waals surface area (Å²) in [5.74, 6) is -0.486. The van der Waals surface area contributed by atoms with Crippen molar-refractivity contribution < 1.29 is 9.50 Å². The minimum absolute atomic E-state index is 0.165. The van der Waals surface area contributed by atoms with E-state index in [0.29, 0.717) is 20.7 Å². The van der Waals surface area contributed by atoms with Gasteiger partial charge >= 0.3 is 0 Å². The van der Waals surface area contributed by atoms with Gasteiger partial charge in [-0.2, -0.15) is 0 Å². The number of nitrogens with two attached hydrogens (primary N) is 1. The van der Waals surface area contributed by atoms with E-state index in [1.807, 2.05) is 0 Å². The second-order valence-electron chi connectivity index (χ2n) is 3.84. The van der Waals surface area contributed by atoms with Gasteiger partial charge in [-0.25, -0.2) is 4.39 Å². The van der Waals surface area contributed by atoms with E-state index >= 15 is 0 Å². The molecule has 2 nitrogen and oxygen atoms in total. The van der Waals surface area contributed by atoms with Gasteiger partial charge in [0, 0.05) is 26.3 Å². The summed E-state index contributed by atoms with van der Waals surface area (Å²) in [6.07, 6.45) is -1.13. The maximum absolute atomic E-state index is 13.7. The lowest BCUT2D eigenvalue weighted by Crippen LogP contribution is -2.06. The van der Waals surface area contributed by atoms with Crippen LogP contribution in [0.1, 0.15) is 17.2 Å². The molecule has 0 aliphatic rings. The molecular formula is C13H10BrClFNO. The van der Waals surface area contributed by atoms with Crippen LogP contribution in [0.25, 0.3) is 0 Å². The van der Waals surface area contributed by atoms with E-state index in [4.69, 9.17) is 17.3 Å². The van der Waals surface area contributed by atoms with Crippen LogP contribution in [0.5, 0.6) is 0 Å². The molecule has 1 atom stereocenters. The van der Waals surface area contributed by atoms with E-state index in [9.17, 15) is 9.50 Å². The van der Waals surface area contributed by atoms with Gasteiger partial charge in [-0.15, -0.1) is 0 Å². The van der Waals surface area contributed by atoms with Crippen LogP contribution in [0.3, 0.4) is 0 Å². The number of halogens is 3. The van der Waals surface area contributed by atoms with Gasteiger partial charge in [-0.3, -0.25) is 0 Å². The molecule has 0 radical (unpaired) electrons. The first-order chi connectivity index (χ1) is 8.49. The van der Waals surface area contributed by atoms with Gasteiger partial charge in [0.15, 0.2) is 0 Å². The molecule has 1 unspecified atom stereocenters. The highest BCUT2D eigenvalue weighted by Gasteiger charge is 2.17. The van der Waals surface area contributed by atoms with Crippen LogP contribution < -0.4 is 5.73 Å². The fraction of sp³-hybridized carbons (Fsp3) is 0.0769. The average molecular weight is 331 g/mol. The van der Waals surface area contributed by atoms with Crippen molar-refractivity contribution in [1.82, 2.24) is 0 Å². The van der Waals surface area contributed by atoms with Crippen LogP contribution in [0.2, 0.25) is 5.02 Å². The fourth-order valence-electron chi connectivity index (χ4n) is 1.69. The Morgan fingerprint density at radius 1 is 1.17 bits per heavy atom. The van der Waals surface area contributed by atoms with E-state index < -0.39 is 11.9 Å². The molecular weight excluding hydrogens is 321 g/mol. The number of anilines is 1. The Morgan fingerprint density at radius 2 is 1.89 bits per heavy atom. The molecule has 0 amide bonds. The predicted octanol–water partition coefficient (Wildman–Crippen LogP) is 3.91. The third-order valence-corrected chi connectivity index (χ3v) is 3.32. The number of rotatable bonds is 2. The van der Waals surface area contributed by atoms with Crippen molar-refractivity contribution in [1.29, 1.82) is 0 Å². The Kier molecular flexibility index (Phi) is 3.90. The molecule has 0 fully saturated rings. The summed E-state index contributed by atoms with van der Waals surface area (Å²) >= 11 is 9.02. The highest BCUT2D eigenvalue weighted by Crippen LogP contribution is 2.31. The molecule has 94 valence electrons. The second-order valence-corrected chi connectivity index (χ2v) is 5.19. The molecule has 0 spiro atoms. The molecule has 0 aliphatic carbocycles. The average Bonchev–Trinajstić information content (AvgIpc) is 2.31. The molecule has 2 aromatic carbocycles. The van der Waals surface area contributed by atoms with Crippen LogP contribution in [-0.2, 0) is 0 Å². The molecule has 5 heteroatoms. The molecule has 2 aromatic rings. The summed E-state index contributed by atoms with van der Waals surface area (Å²) in [5, 5.41) is 10.7. The van der Waals surface area contributed by atoms with E-state index in [-0.39, 0.29) is 5.56 Å². The van der Waals surface area contributed by atoms with Gasteiger partial charge in [-0.1, -0.05) is 33.6 Å². The van der Waals surface area contributed by atoms with Crippen LogP contribution in [0.15, 0.2) is 40.9 Å². The number of aliphatic hydroxyl groups excluding tert-OH is 1. The normalized spacial score (nSPS) is 12.4. The highest BCUT2D eigenvalue weighted by molar-refractivity contribution is 9.10. The standard InChI is InChI=1S/C13H10BrClFNO/c14-7-1-4-11(16)10(5-7)13(18)9-3-2-8(15)6-12(9)17/h1-6,13,18H,17H2. The Morgan fingerprint density at radius 3 is 2.56 bits per heavy atom. The summed E-state index contributed by atoms with van der Waals surface area (Å²) < 4.78 is 14.4. The molecule has 0 saturated carbocycles. The van der Waals surface area contributed by atoms with Crippen molar-refractivity contribution in [2.45, 2.75) is 6.10 Å². The van der Waals surface area contributed by atoms with Crippen LogP contribution in [0.4, 0.5) is 10.1 Å². The molecule has 18 heavy (non-hydrogen) atoms. The molecule has 2 rings (SSSR count). The molecule has 0 aliphatic heterocycles. The van der Waals surface area contributed by atoms with E-state index in [1.54, 1.807) is 18.2 Å². The fourth-order valence-corrected chi connectivity index (χ4v) is 2.25. The summed E-state index contributed by atoms with van der Waals surface area (Å²) in [4.78, 5) is 0. The zero-order chi connectivity index (χ0) is 13.3. The van der Waals surface area contributed by atoms with Gasteiger partial charge in [-0.05, 0) is 30.3 Å². The number of nitrogen functional groups attached to an aromatic ring is 1. The third kappa shape index (κ3) is 2.66. The third-order valence-electron chi connectivity index (χ3n) is 2.60. The topological polar surface area (TPSA) is 46.2 Å². The number of hydrogen-bond acceptors (Lipinski definition) is 2. The maximum atomic E-state index is 13.7. The molecule has 0 aromatic heterocycles. The zero-order valence-corrected chi connectivity index (χ0v) is 11.5. The number of hydrogen-bond donors (Lipinski definition) is 2. The maximum Gasteiger partial charge on any atom is 0.129 e. The lowest BCUT2D eigenvalue weighted by molar-refractivity contribution is 0.215. The zero-order valence-electron chi connectivity index (χ0n) is 9.20. The number of benzene rings is 2. The minimum Gasteiger partial charge on any atom is -0.398 e. The van der Waals surface area contributed by atoms with E-state index in [0.717, 1.165) is 0 Å². The molecule has 0 heterocycles. The largest absolute Gasteiger partial charge is 0.398 e. The van der Waals surface area contributed by atoms with Gasteiger partial charge in [0.1, 0.15) is 11.9 Å². The minimum atomic E-state index is -1.13. The molecule has 0 saturated heterocycles. The van der Waals surface area contributed by atoms with Crippen LogP contribution >= 0.6 is 27.5 Å². The van der Waals surface area contributed by atoms with Crippen LogP contribution in [0, 0.1) is 5.82 Å². The Labute approximate surface area is 117 Å². The summed E-state index contributed by atoms with van der Waals surface area (Å²) in [6.45, 7) is 0. The monoisotopic (exact) mass is 329 g/mol. The molecule has 3 N–H and O–H groups in total. The molecule has 0 bridgehead atoms. The van der Waals surface area contributed by atoms with Gasteiger partial charge in [0.25, 0.3) is 0 Å². The van der Waals surface area contributed by atoms with Crippen molar-refractivity contribution in [3.05, 3.63) is 62.8 Å². The first kappa shape index (κ1) is 13.3. The predicted molar refractivity (Wildman–Crippen MR) is 74.0 cm³/mol. The second kappa shape index (κ2) is 5.26. The van der Waals surface area contributed by atoms with Gasteiger partial charge < -0.3 is 10.8 Å². The quantitative estimate of drug-likeness (QED) is 0.820. The first-order valence-electron chi connectivity index (χ1n) is 5.17. The van der Waals surface area contributed by atoms with Gasteiger partial charge in [0.2, 0.25) is 0 Å². The van der Waals surface area contributed by atoms with Crippen molar-refractivity contribution in [3.63, 3.8) is 0 Å². The van der Waals surface area contributed by atoms with Crippen molar-refractivity contribution in [2.24, 2.45) is 0 Å². The van der Waals surface area contributed by atoms with Crippen molar-refractivity contribution in [2.75, 3.05) is 5.73 Å². The summed E-state index contributed by atoms with van der Waals surface area (Å²) in [5.41, 5.74) is 6.69. The van der Waals surface area contributed by atoms with Crippen LogP contribution in [-0.4, -0.2) is 5.11 Å². The van der Waals surface area contributed by atoms with Gasteiger partial charge in [0.05, 0.1) is 0 Å². The number of aliphatic hydroxyl groups is 1. The lowest BCUT2D eigenvalue weighted by atomic mass is 10.00. The lowest BCUT2D eigenvalue weighted by Gasteiger charge is -2.15. The smallest absolute Gasteiger partial charge is 0.129 e. The SMILES string of the molecule is Nc1cc(Cl)ccc1C(O)c1cc(Br)ccc1F.